The minimum atomic E-state index is -3.51. The number of ether oxygens (including phenoxy) is 1. The van der Waals surface area contributed by atoms with Gasteiger partial charge in [0, 0.05) is 36.5 Å². The first-order valence-electron chi connectivity index (χ1n) is 7.37. The zero-order valence-electron chi connectivity index (χ0n) is 13.7. The lowest BCUT2D eigenvalue weighted by Crippen LogP contribution is -2.25. The highest BCUT2D eigenvalue weighted by Crippen LogP contribution is 2.30. The second-order valence-corrected chi connectivity index (χ2v) is 7.30. The fourth-order valence-corrected chi connectivity index (χ4v) is 3.47. The lowest BCUT2D eigenvalue weighted by atomic mass is 10.0. The summed E-state index contributed by atoms with van der Waals surface area (Å²) in [5, 5.41) is 0. The number of benzene rings is 1. The van der Waals surface area contributed by atoms with E-state index in [9.17, 15) is 8.42 Å². The number of rotatable bonds is 7. The van der Waals surface area contributed by atoms with Crippen LogP contribution in [0.3, 0.4) is 0 Å². The van der Waals surface area contributed by atoms with Gasteiger partial charge in [-0.2, -0.15) is 0 Å². The molecule has 0 atom stereocenters. The molecule has 1 fully saturated rings. The van der Waals surface area contributed by atoms with Gasteiger partial charge in [0.05, 0.1) is 12.0 Å². The Morgan fingerprint density at radius 1 is 1.43 bits per heavy atom. The average molecular weight is 334 g/mol. The molecule has 1 N–H and O–H groups in total. The summed E-state index contributed by atoms with van der Waals surface area (Å²) in [6.45, 7) is 5.75. The third kappa shape index (κ3) is 4.53. The number of methoxy groups -OCH3 is 1. The van der Waals surface area contributed by atoms with Gasteiger partial charge in [-0.1, -0.05) is 18.2 Å². The first kappa shape index (κ1) is 17.4. The van der Waals surface area contributed by atoms with Gasteiger partial charge in [-0.05, 0) is 31.9 Å². The highest BCUT2D eigenvalue weighted by atomic mass is 32.2. The molecule has 0 aliphatic heterocycles. The second kappa shape index (κ2) is 7.10. The Labute approximate surface area is 137 Å². The Morgan fingerprint density at radius 3 is 2.65 bits per heavy atom. The zero-order valence-corrected chi connectivity index (χ0v) is 14.5. The summed E-state index contributed by atoms with van der Waals surface area (Å²) >= 11 is 0. The summed E-state index contributed by atoms with van der Waals surface area (Å²) < 4.78 is 32.7. The van der Waals surface area contributed by atoms with Crippen LogP contribution in [-0.2, 0) is 10.0 Å². The molecule has 23 heavy (non-hydrogen) atoms. The zero-order chi connectivity index (χ0) is 17.0. The molecule has 0 saturated heterocycles. The van der Waals surface area contributed by atoms with Crippen LogP contribution in [0.2, 0.25) is 0 Å². The maximum absolute atomic E-state index is 12.3. The van der Waals surface area contributed by atoms with Gasteiger partial charge in [0.25, 0.3) is 0 Å². The Bertz CT molecular complexity index is 760. The Kier molecular flexibility index (Phi) is 5.38. The van der Waals surface area contributed by atoms with Gasteiger partial charge in [-0.3, -0.25) is 4.99 Å². The van der Waals surface area contributed by atoms with E-state index in [1.54, 1.807) is 25.4 Å². The molecule has 1 aliphatic rings. The smallest absolute Gasteiger partial charge is 0.240 e. The first-order chi connectivity index (χ1) is 10.9. The standard InChI is InChI=1S/C17H22N2O3S/c1-12(2)9-13(11-18-3)16-8-7-15(10-17(16)22-4)23(20,21)19-14-5-6-14/h7-11,14,19H,1,5-6H2,2-4H3/b13-9+,18-11?. The van der Waals surface area contributed by atoms with E-state index in [0.29, 0.717) is 5.75 Å². The molecule has 0 radical (unpaired) electrons. The van der Waals surface area contributed by atoms with Gasteiger partial charge < -0.3 is 4.74 Å². The van der Waals surface area contributed by atoms with Crippen LogP contribution in [0, 0.1) is 0 Å². The van der Waals surface area contributed by atoms with Crippen molar-refractivity contribution < 1.29 is 13.2 Å². The van der Waals surface area contributed by atoms with Crippen molar-refractivity contribution in [2.45, 2.75) is 30.7 Å². The molecule has 0 aromatic heterocycles. The van der Waals surface area contributed by atoms with Crippen LogP contribution in [0.4, 0.5) is 0 Å². The summed E-state index contributed by atoms with van der Waals surface area (Å²) in [4.78, 5) is 4.24. The molecule has 0 bridgehead atoms. The number of sulfonamides is 1. The van der Waals surface area contributed by atoms with E-state index in [2.05, 4.69) is 16.3 Å². The average Bonchev–Trinajstić information content (AvgIpc) is 3.29. The summed E-state index contributed by atoms with van der Waals surface area (Å²) in [6, 6.07) is 4.92. The predicted octanol–water partition coefficient (Wildman–Crippen LogP) is 2.80. The third-order valence-corrected chi connectivity index (χ3v) is 4.88. The predicted molar refractivity (Wildman–Crippen MR) is 93.5 cm³/mol. The molecule has 124 valence electrons. The number of nitrogens with zero attached hydrogens (tertiary/aromatic N) is 1. The minimum Gasteiger partial charge on any atom is -0.496 e. The molecule has 1 aliphatic carbocycles. The highest BCUT2D eigenvalue weighted by Gasteiger charge is 2.28. The van der Waals surface area contributed by atoms with Crippen molar-refractivity contribution in [3.63, 3.8) is 0 Å². The van der Waals surface area contributed by atoms with Crippen LogP contribution in [-0.4, -0.2) is 34.8 Å². The number of allylic oxidation sites excluding steroid dienone is 3. The molecule has 0 unspecified atom stereocenters. The van der Waals surface area contributed by atoms with E-state index in [1.807, 2.05) is 13.0 Å². The van der Waals surface area contributed by atoms with Crippen LogP contribution in [0.15, 0.2) is 46.3 Å². The highest BCUT2D eigenvalue weighted by molar-refractivity contribution is 7.89. The van der Waals surface area contributed by atoms with E-state index < -0.39 is 10.0 Å². The third-order valence-electron chi connectivity index (χ3n) is 3.36. The maximum Gasteiger partial charge on any atom is 0.240 e. The largest absolute Gasteiger partial charge is 0.496 e. The van der Waals surface area contributed by atoms with Gasteiger partial charge in [0.2, 0.25) is 10.0 Å². The molecule has 5 nitrogen and oxygen atoms in total. The Hall–Kier alpha value is -1.92. The Morgan fingerprint density at radius 2 is 2.13 bits per heavy atom. The van der Waals surface area contributed by atoms with Gasteiger partial charge in [0.1, 0.15) is 5.75 Å². The van der Waals surface area contributed by atoms with Crippen molar-refractivity contribution >= 4 is 21.8 Å². The van der Waals surface area contributed by atoms with Gasteiger partial charge in [-0.25, -0.2) is 13.1 Å². The van der Waals surface area contributed by atoms with E-state index in [0.717, 1.165) is 29.6 Å². The van der Waals surface area contributed by atoms with Crippen LogP contribution < -0.4 is 9.46 Å². The molecule has 0 spiro atoms. The van der Waals surface area contributed by atoms with Crippen molar-refractivity contribution in [3.05, 3.63) is 42.0 Å². The number of nitrogens with one attached hydrogen (secondary N) is 1. The quantitative estimate of drug-likeness (QED) is 0.616. The lowest BCUT2D eigenvalue weighted by molar-refractivity contribution is 0.412. The lowest BCUT2D eigenvalue weighted by Gasteiger charge is -2.12. The molecule has 1 saturated carbocycles. The van der Waals surface area contributed by atoms with Crippen LogP contribution in [0.5, 0.6) is 5.75 Å². The molecular weight excluding hydrogens is 312 g/mol. The van der Waals surface area contributed by atoms with Gasteiger partial charge in [0.15, 0.2) is 0 Å². The van der Waals surface area contributed by atoms with Crippen molar-refractivity contribution in [2.24, 2.45) is 4.99 Å². The molecule has 1 aromatic carbocycles. The summed E-state index contributed by atoms with van der Waals surface area (Å²) in [5.74, 6) is 0.482. The van der Waals surface area contributed by atoms with Crippen LogP contribution >= 0.6 is 0 Å². The topological polar surface area (TPSA) is 67.8 Å². The van der Waals surface area contributed by atoms with Crippen molar-refractivity contribution in [1.29, 1.82) is 0 Å². The normalized spacial score (nSPS) is 15.9. The molecular formula is C17H22N2O3S. The van der Waals surface area contributed by atoms with E-state index >= 15 is 0 Å². The van der Waals surface area contributed by atoms with Gasteiger partial charge >= 0.3 is 0 Å². The SMILES string of the molecule is C=C(C)/C=C(\C=NC)c1ccc(S(=O)(=O)NC2CC2)cc1OC. The van der Waals surface area contributed by atoms with Crippen molar-refractivity contribution in [2.75, 3.05) is 14.2 Å². The maximum atomic E-state index is 12.3. The fourth-order valence-electron chi connectivity index (χ4n) is 2.15. The van der Waals surface area contributed by atoms with E-state index in [4.69, 9.17) is 4.74 Å². The van der Waals surface area contributed by atoms with E-state index in [1.165, 1.54) is 13.2 Å². The molecule has 2 rings (SSSR count). The second-order valence-electron chi connectivity index (χ2n) is 5.59. The molecule has 6 heteroatoms. The fraction of sp³-hybridized carbons (Fsp3) is 0.353. The van der Waals surface area contributed by atoms with Crippen LogP contribution in [0.1, 0.15) is 25.3 Å². The van der Waals surface area contributed by atoms with Crippen molar-refractivity contribution in [1.82, 2.24) is 4.72 Å². The molecule has 1 aromatic rings. The monoisotopic (exact) mass is 334 g/mol. The van der Waals surface area contributed by atoms with Crippen molar-refractivity contribution in [3.8, 4) is 5.75 Å². The summed E-state index contributed by atoms with van der Waals surface area (Å²) in [6.07, 6.45) is 5.37. The van der Waals surface area contributed by atoms with Crippen LogP contribution in [0.25, 0.3) is 5.57 Å². The minimum absolute atomic E-state index is 0.0665. The summed E-state index contributed by atoms with van der Waals surface area (Å²) in [7, 11) is -0.312. The first-order valence-corrected chi connectivity index (χ1v) is 8.86. The summed E-state index contributed by atoms with van der Waals surface area (Å²) in [5.41, 5.74) is 2.46. The molecule has 0 heterocycles. The number of aliphatic imine (C=N–C) groups is 1. The Balaban J connectivity index is 2.45. The van der Waals surface area contributed by atoms with Gasteiger partial charge in [-0.15, -0.1) is 0 Å². The van der Waals surface area contributed by atoms with E-state index in [-0.39, 0.29) is 10.9 Å². The molecule has 0 amide bonds. The number of hydrogen-bond donors (Lipinski definition) is 1. The number of hydrogen-bond acceptors (Lipinski definition) is 4.